The molecule has 0 spiro atoms. The van der Waals surface area contributed by atoms with Crippen molar-refractivity contribution in [3.63, 3.8) is 0 Å². The highest BCUT2D eigenvalue weighted by atomic mass is 16.3. The molecule has 0 bridgehead atoms. The van der Waals surface area contributed by atoms with Gasteiger partial charge in [0.1, 0.15) is 0 Å². The molecular formula is C14H28O. The molecule has 1 nitrogen and oxygen atoms in total. The van der Waals surface area contributed by atoms with E-state index in [1.807, 2.05) is 0 Å². The van der Waals surface area contributed by atoms with E-state index < -0.39 is 0 Å². The lowest BCUT2D eigenvalue weighted by molar-refractivity contribution is -0.0456. The molecule has 0 amide bonds. The maximum atomic E-state index is 10.6. The minimum Gasteiger partial charge on any atom is -0.390 e. The van der Waals surface area contributed by atoms with Gasteiger partial charge < -0.3 is 5.11 Å². The van der Waals surface area contributed by atoms with Crippen LogP contribution in [0.4, 0.5) is 0 Å². The van der Waals surface area contributed by atoms with Gasteiger partial charge in [-0.05, 0) is 43.4 Å². The van der Waals surface area contributed by atoms with Gasteiger partial charge in [0.2, 0.25) is 0 Å². The van der Waals surface area contributed by atoms with Crippen molar-refractivity contribution in [3.8, 4) is 0 Å². The first kappa shape index (κ1) is 13.0. The first-order valence-electron chi connectivity index (χ1n) is 6.69. The van der Waals surface area contributed by atoms with Crippen molar-refractivity contribution < 1.29 is 5.11 Å². The van der Waals surface area contributed by atoms with E-state index in [1.165, 1.54) is 19.3 Å². The second kappa shape index (κ2) is 5.34. The Kier molecular flexibility index (Phi) is 4.64. The summed E-state index contributed by atoms with van der Waals surface area (Å²) in [6.45, 7) is 9.12. The topological polar surface area (TPSA) is 20.2 Å². The predicted molar refractivity (Wildman–Crippen MR) is 65.8 cm³/mol. The first-order chi connectivity index (χ1) is 6.97. The molecule has 0 aromatic heterocycles. The molecule has 1 aliphatic carbocycles. The van der Waals surface area contributed by atoms with Gasteiger partial charge in [0.25, 0.3) is 0 Å². The molecule has 1 fully saturated rings. The Morgan fingerprint density at radius 2 is 2.00 bits per heavy atom. The molecule has 1 aliphatic rings. The third-order valence-corrected chi connectivity index (χ3v) is 4.25. The van der Waals surface area contributed by atoms with Crippen LogP contribution >= 0.6 is 0 Å². The van der Waals surface area contributed by atoms with E-state index in [0.29, 0.717) is 11.8 Å². The van der Waals surface area contributed by atoms with Crippen molar-refractivity contribution in [1.29, 1.82) is 0 Å². The van der Waals surface area contributed by atoms with Crippen molar-refractivity contribution in [2.45, 2.75) is 71.8 Å². The summed E-state index contributed by atoms with van der Waals surface area (Å²) in [5, 5.41) is 10.6. The SMILES string of the molecule is CCCC(C)CC1(O)CCC(C)C(C)C1. The summed E-state index contributed by atoms with van der Waals surface area (Å²) in [6, 6.07) is 0. The molecule has 0 aromatic rings. The van der Waals surface area contributed by atoms with Crippen molar-refractivity contribution in [1.82, 2.24) is 0 Å². The van der Waals surface area contributed by atoms with Gasteiger partial charge >= 0.3 is 0 Å². The highest BCUT2D eigenvalue weighted by molar-refractivity contribution is 4.88. The van der Waals surface area contributed by atoms with Gasteiger partial charge in [-0.25, -0.2) is 0 Å². The van der Waals surface area contributed by atoms with E-state index in [-0.39, 0.29) is 5.60 Å². The van der Waals surface area contributed by atoms with Crippen LogP contribution in [0.25, 0.3) is 0 Å². The Morgan fingerprint density at radius 3 is 2.53 bits per heavy atom. The van der Waals surface area contributed by atoms with E-state index in [2.05, 4.69) is 27.7 Å². The van der Waals surface area contributed by atoms with E-state index >= 15 is 0 Å². The fourth-order valence-corrected chi connectivity index (χ4v) is 3.11. The van der Waals surface area contributed by atoms with Gasteiger partial charge in [0.15, 0.2) is 0 Å². The summed E-state index contributed by atoms with van der Waals surface area (Å²) >= 11 is 0. The fraction of sp³-hybridized carbons (Fsp3) is 1.00. The second-order valence-corrected chi connectivity index (χ2v) is 6.02. The van der Waals surface area contributed by atoms with Gasteiger partial charge in [0.05, 0.1) is 5.60 Å². The summed E-state index contributed by atoms with van der Waals surface area (Å²) in [5.74, 6) is 2.17. The molecule has 0 aliphatic heterocycles. The lowest BCUT2D eigenvalue weighted by Crippen LogP contribution is -2.39. The van der Waals surface area contributed by atoms with E-state index in [1.54, 1.807) is 0 Å². The molecule has 0 aromatic carbocycles. The average molecular weight is 212 g/mol. The van der Waals surface area contributed by atoms with Crippen molar-refractivity contribution in [2.24, 2.45) is 17.8 Å². The van der Waals surface area contributed by atoms with Crippen LogP contribution in [0.15, 0.2) is 0 Å². The van der Waals surface area contributed by atoms with Crippen LogP contribution in [0.3, 0.4) is 0 Å². The zero-order valence-corrected chi connectivity index (χ0v) is 10.9. The van der Waals surface area contributed by atoms with E-state index in [0.717, 1.165) is 25.2 Å². The molecule has 4 unspecified atom stereocenters. The molecule has 1 saturated carbocycles. The Labute approximate surface area is 95.3 Å². The van der Waals surface area contributed by atoms with Crippen LogP contribution in [0, 0.1) is 17.8 Å². The van der Waals surface area contributed by atoms with Crippen LogP contribution in [0.5, 0.6) is 0 Å². The minimum absolute atomic E-state index is 0.347. The monoisotopic (exact) mass is 212 g/mol. The van der Waals surface area contributed by atoms with Crippen LogP contribution in [-0.2, 0) is 0 Å². The number of aliphatic hydroxyl groups is 1. The highest BCUT2D eigenvalue weighted by Crippen LogP contribution is 2.40. The third kappa shape index (κ3) is 3.79. The Hall–Kier alpha value is -0.0400. The average Bonchev–Trinajstić information content (AvgIpc) is 2.12. The Bertz CT molecular complexity index is 190. The lowest BCUT2D eigenvalue weighted by Gasteiger charge is -2.40. The number of hydrogen-bond donors (Lipinski definition) is 1. The molecule has 0 heterocycles. The molecule has 0 radical (unpaired) electrons. The molecular weight excluding hydrogens is 184 g/mol. The normalized spacial score (nSPS) is 39.0. The summed E-state index contributed by atoms with van der Waals surface area (Å²) < 4.78 is 0. The number of hydrogen-bond acceptors (Lipinski definition) is 1. The summed E-state index contributed by atoms with van der Waals surface area (Å²) in [6.07, 6.45) is 6.75. The Balaban J connectivity index is 2.45. The maximum Gasteiger partial charge on any atom is 0.0653 e. The smallest absolute Gasteiger partial charge is 0.0653 e. The third-order valence-electron chi connectivity index (χ3n) is 4.25. The van der Waals surface area contributed by atoms with Gasteiger partial charge in [-0.3, -0.25) is 0 Å². The quantitative estimate of drug-likeness (QED) is 0.747. The van der Waals surface area contributed by atoms with Crippen LogP contribution in [0.1, 0.15) is 66.2 Å². The zero-order chi connectivity index (χ0) is 11.5. The molecule has 0 saturated heterocycles. The van der Waals surface area contributed by atoms with E-state index in [9.17, 15) is 5.11 Å². The molecule has 1 rings (SSSR count). The molecule has 15 heavy (non-hydrogen) atoms. The van der Waals surface area contributed by atoms with Crippen LogP contribution < -0.4 is 0 Å². The van der Waals surface area contributed by atoms with Gasteiger partial charge in [-0.15, -0.1) is 0 Å². The largest absolute Gasteiger partial charge is 0.390 e. The van der Waals surface area contributed by atoms with Crippen LogP contribution in [0.2, 0.25) is 0 Å². The summed E-state index contributed by atoms with van der Waals surface area (Å²) in [4.78, 5) is 0. The molecule has 4 atom stereocenters. The van der Waals surface area contributed by atoms with Crippen molar-refractivity contribution in [3.05, 3.63) is 0 Å². The second-order valence-electron chi connectivity index (χ2n) is 6.02. The van der Waals surface area contributed by atoms with Gasteiger partial charge in [0, 0.05) is 0 Å². The predicted octanol–water partition coefficient (Wildman–Crippen LogP) is 4.00. The van der Waals surface area contributed by atoms with Gasteiger partial charge in [-0.1, -0.05) is 40.5 Å². The van der Waals surface area contributed by atoms with Crippen molar-refractivity contribution >= 4 is 0 Å². The maximum absolute atomic E-state index is 10.6. The van der Waals surface area contributed by atoms with E-state index in [4.69, 9.17) is 0 Å². The lowest BCUT2D eigenvalue weighted by atomic mass is 9.70. The fourth-order valence-electron chi connectivity index (χ4n) is 3.11. The minimum atomic E-state index is -0.347. The Morgan fingerprint density at radius 1 is 1.33 bits per heavy atom. The molecule has 1 heteroatoms. The van der Waals surface area contributed by atoms with Gasteiger partial charge in [-0.2, -0.15) is 0 Å². The highest BCUT2D eigenvalue weighted by Gasteiger charge is 2.36. The summed E-state index contributed by atoms with van der Waals surface area (Å²) in [5.41, 5.74) is -0.347. The summed E-state index contributed by atoms with van der Waals surface area (Å²) in [7, 11) is 0. The zero-order valence-electron chi connectivity index (χ0n) is 10.9. The van der Waals surface area contributed by atoms with Crippen LogP contribution in [-0.4, -0.2) is 10.7 Å². The molecule has 90 valence electrons. The standard InChI is InChI=1S/C14H28O/c1-5-6-11(2)9-14(15)8-7-12(3)13(4)10-14/h11-13,15H,5-10H2,1-4H3. The number of rotatable bonds is 4. The van der Waals surface area contributed by atoms with Crippen molar-refractivity contribution in [2.75, 3.05) is 0 Å². The molecule has 1 N–H and O–H groups in total. The first-order valence-corrected chi connectivity index (χ1v) is 6.69.